The van der Waals surface area contributed by atoms with Crippen LogP contribution in [-0.2, 0) is 4.79 Å². The van der Waals surface area contributed by atoms with Gasteiger partial charge in [0.1, 0.15) is 11.5 Å². The highest BCUT2D eigenvalue weighted by atomic mass is 16.5. The summed E-state index contributed by atoms with van der Waals surface area (Å²) < 4.78 is 5.33. The molecule has 1 aromatic carbocycles. The van der Waals surface area contributed by atoms with Gasteiger partial charge in [0.25, 0.3) is 0 Å². The van der Waals surface area contributed by atoms with Crippen LogP contribution in [0.3, 0.4) is 0 Å². The molecule has 1 unspecified atom stereocenters. The maximum Gasteiger partial charge on any atom is 0.172 e. The van der Waals surface area contributed by atoms with Gasteiger partial charge in [-0.25, -0.2) is 0 Å². The van der Waals surface area contributed by atoms with Crippen molar-refractivity contribution in [1.82, 2.24) is 0 Å². The molecule has 0 aliphatic carbocycles. The van der Waals surface area contributed by atoms with Crippen molar-refractivity contribution in [2.75, 3.05) is 0 Å². The van der Waals surface area contributed by atoms with Crippen molar-refractivity contribution in [2.45, 2.75) is 13.0 Å². The second kappa shape index (κ2) is 3.18. The summed E-state index contributed by atoms with van der Waals surface area (Å²) in [6, 6.07) is 4.89. The van der Waals surface area contributed by atoms with E-state index in [9.17, 15) is 9.90 Å². The highest BCUT2D eigenvalue weighted by Gasteiger charge is 2.17. The summed E-state index contributed by atoms with van der Waals surface area (Å²) >= 11 is 0. The molecule has 72 valence electrons. The molecule has 3 nitrogen and oxygen atoms in total. The van der Waals surface area contributed by atoms with Crippen LogP contribution in [0.2, 0.25) is 0 Å². The number of phenolic OH excluding ortho intramolecular Hbond substituents is 1. The van der Waals surface area contributed by atoms with Gasteiger partial charge in [-0.05, 0) is 30.7 Å². The molecule has 0 saturated carbocycles. The van der Waals surface area contributed by atoms with Crippen molar-refractivity contribution in [1.29, 1.82) is 0 Å². The molecule has 0 bridgehead atoms. The molecule has 0 aromatic heterocycles. The third-order valence-electron chi connectivity index (χ3n) is 2.20. The van der Waals surface area contributed by atoms with Crippen molar-refractivity contribution in [3.05, 3.63) is 29.8 Å². The highest BCUT2D eigenvalue weighted by Crippen LogP contribution is 2.33. The molecule has 0 radical (unpaired) electrons. The van der Waals surface area contributed by atoms with Gasteiger partial charge in [-0.15, -0.1) is 0 Å². The van der Waals surface area contributed by atoms with Gasteiger partial charge in [0.05, 0.1) is 0 Å². The van der Waals surface area contributed by atoms with E-state index in [-0.39, 0.29) is 5.75 Å². The van der Waals surface area contributed by atoms with Crippen LogP contribution in [0, 0.1) is 0 Å². The van der Waals surface area contributed by atoms with Crippen LogP contribution in [-0.4, -0.2) is 17.5 Å². The summed E-state index contributed by atoms with van der Waals surface area (Å²) in [5.41, 5.74) is 1.91. The average molecular weight is 190 g/mol. The Bertz CT molecular complexity index is 407. The Balaban J connectivity index is 2.50. The summed E-state index contributed by atoms with van der Waals surface area (Å²) in [4.78, 5) is 10.6. The Kier molecular flexibility index (Phi) is 2.00. The molecule has 1 aliphatic rings. The predicted octanol–water partition coefficient (Wildman–Crippen LogP) is 1.76. The average Bonchev–Trinajstić information content (AvgIpc) is 2.16. The summed E-state index contributed by atoms with van der Waals surface area (Å²) in [6.45, 7) is 1.91. The lowest BCUT2D eigenvalue weighted by molar-refractivity contribution is -0.112. The number of ether oxygens (including phenoxy) is 1. The first-order chi connectivity index (χ1) is 6.70. The molecule has 0 saturated heterocycles. The van der Waals surface area contributed by atoms with Gasteiger partial charge in [-0.1, -0.05) is 0 Å². The molecular formula is C11H10O3. The van der Waals surface area contributed by atoms with Crippen LogP contribution in [0.15, 0.2) is 24.3 Å². The van der Waals surface area contributed by atoms with E-state index >= 15 is 0 Å². The first-order valence-corrected chi connectivity index (χ1v) is 4.34. The maximum atomic E-state index is 10.6. The van der Waals surface area contributed by atoms with Crippen molar-refractivity contribution in [2.24, 2.45) is 0 Å². The van der Waals surface area contributed by atoms with E-state index < -0.39 is 6.10 Å². The zero-order chi connectivity index (χ0) is 10.1. The number of phenols is 1. The smallest absolute Gasteiger partial charge is 0.172 e. The molecular weight excluding hydrogens is 180 g/mol. The fraction of sp³-hybridized carbons (Fsp3) is 0.182. The highest BCUT2D eigenvalue weighted by molar-refractivity contribution is 5.77. The number of carbonyl (C=O) groups is 1. The minimum Gasteiger partial charge on any atom is -0.508 e. The molecule has 1 aliphatic heterocycles. The standard InChI is InChI=1S/C11H10O3/c1-7-4-9(6-12)14-11-5-8(13)2-3-10(7)11/h2-6,9,13H,1H3. The van der Waals surface area contributed by atoms with Crippen molar-refractivity contribution in [3.8, 4) is 11.5 Å². The topological polar surface area (TPSA) is 46.5 Å². The van der Waals surface area contributed by atoms with E-state index in [0.29, 0.717) is 5.75 Å². The van der Waals surface area contributed by atoms with Crippen LogP contribution in [0.25, 0.3) is 5.57 Å². The van der Waals surface area contributed by atoms with Gasteiger partial charge in [0.2, 0.25) is 0 Å². The molecule has 14 heavy (non-hydrogen) atoms. The van der Waals surface area contributed by atoms with Gasteiger partial charge in [0.15, 0.2) is 12.4 Å². The van der Waals surface area contributed by atoms with E-state index in [2.05, 4.69) is 0 Å². The second-order valence-electron chi connectivity index (χ2n) is 3.25. The van der Waals surface area contributed by atoms with Crippen LogP contribution >= 0.6 is 0 Å². The van der Waals surface area contributed by atoms with Crippen molar-refractivity contribution < 1.29 is 14.6 Å². The van der Waals surface area contributed by atoms with E-state index in [1.54, 1.807) is 18.2 Å². The molecule has 2 rings (SSSR count). The van der Waals surface area contributed by atoms with Gasteiger partial charge in [0, 0.05) is 11.6 Å². The molecule has 3 heteroatoms. The zero-order valence-electron chi connectivity index (χ0n) is 7.73. The van der Waals surface area contributed by atoms with Gasteiger partial charge < -0.3 is 9.84 Å². The van der Waals surface area contributed by atoms with Gasteiger partial charge in [-0.2, -0.15) is 0 Å². The van der Waals surface area contributed by atoms with Crippen LogP contribution in [0.5, 0.6) is 11.5 Å². The molecule has 0 spiro atoms. The number of benzene rings is 1. The Morgan fingerprint density at radius 1 is 1.50 bits per heavy atom. The lowest BCUT2D eigenvalue weighted by Crippen LogP contribution is -2.19. The summed E-state index contributed by atoms with van der Waals surface area (Å²) in [5.74, 6) is 0.699. The molecule has 1 N–H and O–H groups in total. The first kappa shape index (κ1) is 8.81. The molecule has 0 fully saturated rings. The third-order valence-corrected chi connectivity index (χ3v) is 2.20. The summed E-state index contributed by atoms with van der Waals surface area (Å²) in [6.07, 6.45) is 1.95. The Morgan fingerprint density at radius 2 is 2.29 bits per heavy atom. The Morgan fingerprint density at radius 3 is 3.00 bits per heavy atom. The van der Waals surface area contributed by atoms with Crippen LogP contribution < -0.4 is 4.74 Å². The lowest BCUT2D eigenvalue weighted by Gasteiger charge is -2.20. The van der Waals surface area contributed by atoms with E-state index in [4.69, 9.17) is 4.74 Å². The number of aldehydes is 1. The normalized spacial score (nSPS) is 19.2. The third kappa shape index (κ3) is 1.37. The fourth-order valence-electron chi connectivity index (χ4n) is 1.52. The fourth-order valence-corrected chi connectivity index (χ4v) is 1.52. The minimum atomic E-state index is -0.538. The zero-order valence-corrected chi connectivity index (χ0v) is 7.73. The Labute approximate surface area is 81.6 Å². The SMILES string of the molecule is CC1=CC(C=O)Oc2cc(O)ccc21. The number of carbonyl (C=O) groups excluding carboxylic acids is 1. The van der Waals surface area contributed by atoms with Gasteiger partial charge >= 0.3 is 0 Å². The number of fused-ring (bicyclic) bond motifs is 1. The van der Waals surface area contributed by atoms with Crippen molar-refractivity contribution in [3.63, 3.8) is 0 Å². The van der Waals surface area contributed by atoms with Crippen LogP contribution in [0.1, 0.15) is 12.5 Å². The van der Waals surface area contributed by atoms with Gasteiger partial charge in [-0.3, -0.25) is 4.79 Å². The monoisotopic (exact) mass is 190 g/mol. The lowest BCUT2D eigenvalue weighted by atomic mass is 10.0. The van der Waals surface area contributed by atoms with E-state index in [1.165, 1.54) is 6.07 Å². The largest absolute Gasteiger partial charge is 0.508 e. The molecule has 1 aromatic rings. The summed E-state index contributed by atoms with van der Waals surface area (Å²) in [7, 11) is 0. The number of aromatic hydroxyl groups is 1. The molecule has 1 heterocycles. The number of hydrogen-bond acceptors (Lipinski definition) is 3. The number of allylic oxidation sites excluding steroid dienone is 1. The minimum absolute atomic E-state index is 0.142. The Hall–Kier alpha value is -1.77. The van der Waals surface area contributed by atoms with E-state index in [1.807, 2.05) is 6.92 Å². The first-order valence-electron chi connectivity index (χ1n) is 4.34. The quantitative estimate of drug-likeness (QED) is 0.686. The predicted molar refractivity (Wildman–Crippen MR) is 52.2 cm³/mol. The number of rotatable bonds is 1. The maximum absolute atomic E-state index is 10.6. The van der Waals surface area contributed by atoms with E-state index in [0.717, 1.165) is 17.4 Å². The number of hydrogen-bond donors (Lipinski definition) is 1. The second-order valence-corrected chi connectivity index (χ2v) is 3.25. The molecule has 0 amide bonds. The molecule has 1 atom stereocenters. The van der Waals surface area contributed by atoms with Crippen molar-refractivity contribution >= 4 is 11.9 Å². The van der Waals surface area contributed by atoms with Crippen LogP contribution in [0.4, 0.5) is 0 Å². The summed E-state index contributed by atoms with van der Waals surface area (Å²) in [5, 5.41) is 9.25.